The molecular weight excluding hydrogens is 385 g/mol. The molecule has 0 radical (unpaired) electrons. The number of hydrogen-bond donors (Lipinski definition) is 1. The summed E-state index contributed by atoms with van der Waals surface area (Å²) in [7, 11) is 0. The Kier molecular flexibility index (Phi) is 4.38. The molecule has 1 aliphatic rings. The molecule has 1 heterocycles. The first-order chi connectivity index (χ1) is 13.8. The molecule has 144 valence electrons. The molecular formula is C21H11F3N2O3. The van der Waals surface area contributed by atoms with Crippen molar-refractivity contribution in [2.45, 2.75) is 0 Å². The Morgan fingerprint density at radius 1 is 0.759 bits per heavy atom. The number of halogens is 3. The van der Waals surface area contributed by atoms with E-state index in [1.54, 1.807) is 0 Å². The average molecular weight is 396 g/mol. The maximum Gasteiger partial charge on any atom is 0.266 e. The summed E-state index contributed by atoms with van der Waals surface area (Å²) in [6, 6.07) is 11.4. The van der Waals surface area contributed by atoms with Crippen LogP contribution >= 0.6 is 0 Å². The van der Waals surface area contributed by atoms with Gasteiger partial charge in [0.15, 0.2) is 0 Å². The smallest absolute Gasteiger partial charge is 0.266 e. The molecule has 5 nitrogen and oxygen atoms in total. The lowest BCUT2D eigenvalue weighted by atomic mass is 10.1. The third-order valence-electron chi connectivity index (χ3n) is 4.41. The molecule has 4 rings (SSSR count). The lowest BCUT2D eigenvalue weighted by molar-refractivity contribution is 0.0925. The minimum Gasteiger partial charge on any atom is -0.319 e. The Bertz CT molecular complexity index is 1180. The zero-order chi connectivity index (χ0) is 20.7. The van der Waals surface area contributed by atoms with Gasteiger partial charge in [0, 0.05) is 11.6 Å². The van der Waals surface area contributed by atoms with Crippen LogP contribution in [0.3, 0.4) is 0 Å². The first kappa shape index (κ1) is 18.4. The Morgan fingerprint density at radius 2 is 1.41 bits per heavy atom. The van der Waals surface area contributed by atoms with E-state index in [1.165, 1.54) is 30.3 Å². The van der Waals surface area contributed by atoms with Crippen LogP contribution in [0.15, 0.2) is 60.7 Å². The highest BCUT2D eigenvalue weighted by atomic mass is 19.1. The van der Waals surface area contributed by atoms with Gasteiger partial charge < -0.3 is 5.32 Å². The van der Waals surface area contributed by atoms with Gasteiger partial charge in [-0.05, 0) is 54.6 Å². The zero-order valence-corrected chi connectivity index (χ0v) is 14.6. The van der Waals surface area contributed by atoms with Crippen LogP contribution < -0.4 is 10.2 Å². The second-order valence-electron chi connectivity index (χ2n) is 6.26. The van der Waals surface area contributed by atoms with Gasteiger partial charge in [0.25, 0.3) is 17.7 Å². The van der Waals surface area contributed by atoms with Crippen molar-refractivity contribution in [2.75, 3.05) is 10.2 Å². The fraction of sp³-hybridized carbons (Fsp3) is 0. The Labute approximate surface area is 162 Å². The van der Waals surface area contributed by atoms with E-state index in [0.29, 0.717) is 6.07 Å². The highest BCUT2D eigenvalue weighted by Crippen LogP contribution is 2.29. The normalized spacial score (nSPS) is 12.9. The molecule has 3 aromatic carbocycles. The number of fused-ring (bicyclic) bond motifs is 1. The number of anilines is 2. The number of hydrogen-bond acceptors (Lipinski definition) is 3. The predicted molar refractivity (Wildman–Crippen MR) is 98.3 cm³/mol. The number of benzene rings is 3. The molecule has 0 aromatic heterocycles. The number of amides is 3. The molecule has 0 saturated heterocycles. The molecule has 1 N–H and O–H groups in total. The minimum atomic E-state index is -0.951. The van der Waals surface area contributed by atoms with E-state index in [1.807, 2.05) is 0 Å². The van der Waals surface area contributed by atoms with E-state index in [4.69, 9.17) is 0 Å². The zero-order valence-electron chi connectivity index (χ0n) is 14.6. The van der Waals surface area contributed by atoms with Crippen LogP contribution in [0.5, 0.6) is 0 Å². The third-order valence-corrected chi connectivity index (χ3v) is 4.41. The molecule has 0 atom stereocenters. The van der Waals surface area contributed by atoms with Gasteiger partial charge in [-0.1, -0.05) is 0 Å². The first-order valence-corrected chi connectivity index (χ1v) is 8.40. The van der Waals surface area contributed by atoms with Crippen LogP contribution in [0.25, 0.3) is 0 Å². The van der Waals surface area contributed by atoms with Gasteiger partial charge in [0.05, 0.1) is 22.5 Å². The van der Waals surface area contributed by atoms with Gasteiger partial charge in [-0.15, -0.1) is 0 Å². The fourth-order valence-electron chi connectivity index (χ4n) is 2.99. The van der Waals surface area contributed by atoms with Crippen LogP contribution in [0, 0.1) is 17.5 Å². The number of nitrogens with zero attached hydrogens (tertiary/aromatic N) is 1. The first-order valence-electron chi connectivity index (χ1n) is 8.40. The van der Waals surface area contributed by atoms with Gasteiger partial charge in [-0.25, -0.2) is 18.1 Å². The summed E-state index contributed by atoms with van der Waals surface area (Å²) in [5.41, 5.74) is 0.0502. The second kappa shape index (κ2) is 6.90. The number of imide groups is 1. The number of carbonyl (C=O) groups is 3. The molecule has 3 amide bonds. The average Bonchev–Trinajstić information content (AvgIpc) is 2.95. The Hall–Kier alpha value is -3.94. The van der Waals surface area contributed by atoms with Crippen LogP contribution in [0.1, 0.15) is 31.1 Å². The van der Waals surface area contributed by atoms with E-state index in [0.717, 1.165) is 29.2 Å². The molecule has 29 heavy (non-hydrogen) atoms. The maximum atomic E-state index is 13.7. The summed E-state index contributed by atoms with van der Waals surface area (Å²) in [6.07, 6.45) is 0. The number of carbonyl (C=O) groups excluding carboxylic acids is 3. The van der Waals surface area contributed by atoms with E-state index in [9.17, 15) is 27.6 Å². The summed E-state index contributed by atoms with van der Waals surface area (Å²) >= 11 is 0. The second-order valence-corrected chi connectivity index (χ2v) is 6.26. The summed E-state index contributed by atoms with van der Waals surface area (Å²) in [5, 5.41) is 2.29. The predicted octanol–water partition coefficient (Wildman–Crippen LogP) is 4.16. The lowest BCUT2D eigenvalue weighted by Crippen LogP contribution is -2.29. The standard InChI is InChI=1S/C21H11F3N2O3/c22-12-2-5-14(6-3-12)26-20(28)15-7-1-11(9-16(15)21(26)29)19(27)25-18-8-4-13(23)10-17(18)24/h1-10H,(H,25,27). The third kappa shape index (κ3) is 3.25. The minimum absolute atomic E-state index is 0.00782. The summed E-state index contributed by atoms with van der Waals surface area (Å²) in [4.78, 5) is 38.5. The topological polar surface area (TPSA) is 66.5 Å². The SMILES string of the molecule is O=C(Nc1ccc(F)cc1F)c1ccc2c(c1)C(=O)N(c1ccc(F)cc1)C2=O. The monoisotopic (exact) mass is 396 g/mol. The van der Waals surface area contributed by atoms with E-state index < -0.39 is 35.2 Å². The van der Waals surface area contributed by atoms with Crippen molar-refractivity contribution < 1.29 is 27.6 Å². The lowest BCUT2D eigenvalue weighted by Gasteiger charge is -2.13. The molecule has 0 bridgehead atoms. The molecule has 1 aliphatic heterocycles. The molecule has 0 aliphatic carbocycles. The largest absolute Gasteiger partial charge is 0.319 e. The van der Waals surface area contributed by atoms with Gasteiger partial charge in [-0.3, -0.25) is 14.4 Å². The van der Waals surface area contributed by atoms with Crippen LogP contribution in [-0.2, 0) is 0 Å². The van der Waals surface area contributed by atoms with Gasteiger partial charge in [0.2, 0.25) is 0 Å². The van der Waals surface area contributed by atoms with Crippen LogP contribution in [0.4, 0.5) is 24.5 Å². The molecule has 0 spiro atoms. The van der Waals surface area contributed by atoms with Crippen molar-refractivity contribution in [3.05, 3.63) is 94.8 Å². The molecule has 3 aromatic rings. The molecule has 8 heteroatoms. The van der Waals surface area contributed by atoms with Crippen molar-refractivity contribution in [1.82, 2.24) is 0 Å². The highest BCUT2D eigenvalue weighted by molar-refractivity contribution is 6.34. The summed E-state index contributed by atoms with van der Waals surface area (Å²) in [5.74, 6) is -4.26. The quantitative estimate of drug-likeness (QED) is 0.677. The van der Waals surface area contributed by atoms with Crippen molar-refractivity contribution in [2.24, 2.45) is 0 Å². The summed E-state index contributed by atoms with van der Waals surface area (Å²) in [6.45, 7) is 0. The van der Waals surface area contributed by atoms with Gasteiger partial charge >= 0.3 is 0 Å². The van der Waals surface area contributed by atoms with Gasteiger partial charge in [-0.2, -0.15) is 0 Å². The Balaban J connectivity index is 1.63. The van der Waals surface area contributed by atoms with E-state index in [2.05, 4.69) is 5.32 Å². The summed E-state index contributed by atoms with van der Waals surface area (Å²) < 4.78 is 39.9. The molecule has 0 unspecified atom stereocenters. The number of nitrogens with one attached hydrogen (secondary N) is 1. The van der Waals surface area contributed by atoms with E-state index >= 15 is 0 Å². The van der Waals surface area contributed by atoms with E-state index in [-0.39, 0.29) is 28.1 Å². The van der Waals surface area contributed by atoms with Crippen LogP contribution in [-0.4, -0.2) is 17.7 Å². The molecule has 0 saturated carbocycles. The maximum absolute atomic E-state index is 13.7. The van der Waals surface area contributed by atoms with Crippen LogP contribution in [0.2, 0.25) is 0 Å². The molecule has 0 fully saturated rings. The number of rotatable bonds is 3. The van der Waals surface area contributed by atoms with Crippen molar-refractivity contribution >= 4 is 29.1 Å². The van der Waals surface area contributed by atoms with Gasteiger partial charge in [0.1, 0.15) is 17.5 Å². The highest BCUT2D eigenvalue weighted by Gasteiger charge is 2.37. The Morgan fingerprint density at radius 3 is 2.10 bits per heavy atom. The van der Waals surface area contributed by atoms with Crippen molar-refractivity contribution in [3.8, 4) is 0 Å². The van der Waals surface area contributed by atoms with Crippen molar-refractivity contribution in [1.29, 1.82) is 0 Å². The fourth-order valence-corrected chi connectivity index (χ4v) is 2.99. The van der Waals surface area contributed by atoms with Crippen molar-refractivity contribution in [3.63, 3.8) is 0 Å².